The standard InChI is InChI=1S/C14H21BrN2O3S/c1-9(2)5-4-6-17-14(18)12-7-11(15)8-13(10(12)3)21(16,19)20/h7-9H,4-6H2,1-3H3,(H,17,18)(H2,16,19,20). The van der Waals surface area contributed by atoms with Gasteiger partial charge in [-0.25, -0.2) is 13.6 Å². The zero-order chi connectivity index (χ0) is 16.2. The van der Waals surface area contributed by atoms with Crippen LogP contribution in [0, 0.1) is 12.8 Å². The third-order valence-electron chi connectivity index (χ3n) is 3.12. The molecule has 0 unspecified atom stereocenters. The molecule has 118 valence electrons. The van der Waals surface area contributed by atoms with E-state index in [4.69, 9.17) is 5.14 Å². The van der Waals surface area contributed by atoms with Gasteiger partial charge in [0.05, 0.1) is 4.90 Å². The highest BCUT2D eigenvalue weighted by atomic mass is 79.9. The minimum atomic E-state index is -3.86. The van der Waals surface area contributed by atoms with Crippen molar-refractivity contribution in [3.05, 3.63) is 27.7 Å². The zero-order valence-electron chi connectivity index (χ0n) is 12.4. The summed E-state index contributed by atoms with van der Waals surface area (Å²) in [5, 5.41) is 7.98. The van der Waals surface area contributed by atoms with Gasteiger partial charge < -0.3 is 5.32 Å². The van der Waals surface area contributed by atoms with Gasteiger partial charge in [0.15, 0.2) is 0 Å². The van der Waals surface area contributed by atoms with Crippen molar-refractivity contribution in [1.82, 2.24) is 5.32 Å². The van der Waals surface area contributed by atoms with E-state index in [-0.39, 0.29) is 10.8 Å². The molecule has 1 rings (SSSR count). The van der Waals surface area contributed by atoms with E-state index in [0.717, 1.165) is 12.8 Å². The molecule has 0 aromatic heterocycles. The van der Waals surface area contributed by atoms with Crippen LogP contribution in [0.3, 0.4) is 0 Å². The molecule has 0 saturated heterocycles. The van der Waals surface area contributed by atoms with Crippen molar-refractivity contribution in [3.8, 4) is 0 Å². The Morgan fingerprint density at radius 2 is 2.00 bits per heavy atom. The SMILES string of the molecule is Cc1c(C(=O)NCCCC(C)C)cc(Br)cc1S(N)(=O)=O. The van der Waals surface area contributed by atoms with Gasteiger partial charge in [0, 0.05) is 16.6 Å². The molecule has 0 saturated carbocycles. The average Bonchev–Trinajstić information content (AvgIpc) is 2.35. The van der Waals surface area contributed by atoms with Crippen LogP contribution in [0.5, 0.6) is 0 Å². The quantitative estimate of drug-likeness (QED) is 0.747. The molecule has 0 bridgehead atoms. The van der Waals surface area contributed by atoms with Gasteiger partial charge in [-0.3, -0.25) is 4.79 Å². The second kappa shape index (κ2) is 7.38. The monoisotopic (exact) mass is 376 g/mol. The molecule has 0 atom stereocenters. The molecule has 5 nitrogen and oxygen atoms in total. The summed E-state index contributed by atoms with van der Waals surface area (Å²) in [5.74, 6) is 0.297. The molecule has 0 aliphatic rings. The normalized spacial score (nSPS) is 11.7. The molecule has 1 amide bonds. The van der Waals surface area contributed by atoms with Gasteiger partial charge in [-0.2, -0.15) is 0 Å². The van der Waals surface area contributed by atoms with Gasteiger partial charge in [-0.1, -0.05) is 29.8 Å². The van der Waals surface area contributed by atoms with Crippen LogP contribution in [0.1, 0.15) is 42.6 Å². The second-order valence-corrected chi connectivity index (χ2v) is 7.86. The van der Waals surface area contributed by atoms with Gasteiger partial charge in [0.25, 0.3) is 5.91 Å². The van der Waals surface area contributed by atoms with Crippen molar-refractivity contribution in [3.63, 3.8) is 0 Å². The molecule has 3 N–H and O–H groups in total. The van der Waals surface area contributed by atoms with E-state index in [2.05, 4.69) is 35.1 Å². The molecule has 7 heteroatoms. The molecule has 21 heavy (non-hydrogen) atoms. The fourth-order valence-electron chi connectivity index (χ4n) is 1.99. The lowest BCUT2D eigenvalue weighted by Gasteiger charge is -2.12. The molecular weight excluding hydrogens is 356 g/mol. The van der Waals surface area contributed by atoms with Gasteiger partial charge >= 0.3 is 0 Å². The number of carbonyl (C=O) groups excluding carboxylic acids is 1. The number of nitrogens with one attached hydrogen (secondary N) is 1. The summed E-state index contributed by atoms with van der Waals surface area (Å²) in [6.07, 6.45) is 1.92. The first-order chi connectivity index (χ1) is 9.62. The van der Waals surface area contributed by atoms with Crippen LogP contribution < -0.4 is 10.5 Å². The third kappa shape index (κ3) is 5.41. The van der Waals surface area contributed by atoms with Crippen LogP contribution in [0.2, 0.25) is 0 Å². The summed E-state index contributed by atoms with van der Waals surface area (Å²) < 4.78 is 23.6. The summed E-state index contributed by atoms with van der Waals surface area (Å²) in [6, 6.07) is 3.00. The first kappa shape index (κ1) is 18.1. The third-order valence-corrected chi connectivity index (χ3v) is 4.61. The molecule has 0 aliphatic carbocycles. The smallest absolute Gasteiger partial charge is 0.251 e. The van der Waals surface area contributed by atoms with Crippen molar-refractivity contribution in [2.75, 3.05) is 6.54 Å². The van der Waals surface area contributed by atoms with E-state index in [1.807, 2.05) is 0 Å². The lowest BCUT2D eigenvalue weighted by Crippen LogP contribution is -2.26. The molecule has 0 aliphatic heterocycles. The number of nitrogens with two attached hydrogens (primary N) is 1. The number of rotatable bonds is 6. The molecular formula is C14H21BrN2O3S. The highest BCUT2D eigenvalue weighted by molar-refractivity contribution is 9.10. The predicted octanol–water partition coefficient (Wildman–Crippen LogP) is 2.57. The lowest BCUT2D eigenvalue weighted by atomic mass is 10.1. The predicted molar refractivity (Wildman–Crippen MR) is 86.7 cm³/mol. The van der Waals surface area contributed by atoms with Crippen LogP contribution >= 0.6 is 15.9 Å². The summed E-state index contributed by atoms with van der Waals surface area (Å²) in [4.78, 5) is 12.1. The fraction of sp³-hybridized carbons (Fsp3) is 0.500. The van der Waals surface area contributed by atoms with Crippen LogP contribution in [0.4, 0.5) is 0 Å². The van der Waals surface area contributed by atoms with E-state index in [1.165, 1.54) is 6.07 Å². The molecule has 1 aromatic carbocycles. The molecule has 0 fully saturated rings. The van der Waals surface area contributed by atoms with Crippen LogP contribution in [-0.2, 0) is 10.0 Å². The first-order valence-corrected chi connectivity index (χ1v) is 9.08. The van der Waals surface area contributed by atoms with E-state index in [0.29, 0.717) is 28.1 Å². The summed E-state index contributed by atoms with van der Waals surface area (Å²) >= 11 is 3.21. The Hall–Kier alpha value is -0.920. The first-order valence-electron chi connectivity index (χ1n) is 6.74. The van der Waals surface area contributed by atoms with E-state index in [1.54, 1.807) is 13.0 Å². The highest BCUT2D eigenvalue weighted by Crippen LogP contribution is 2.24. The van der Waals surface area contributed by atoms with E-state index in [9.17, 15) is 13.2 Å². The maximum absolute atomic E-state index is 12.2. The highest BCUT2D eigenvalue weighted by Gasteiger charge is 2.19. The zero-order valence-corrected chi connectivity index (χ0v) is 14.8. The number of halogens is 1. The van der Waals surface area contributed by atoms with Crippen LogP contribution in [0.25, 0.3) is 0 Å². The minimum Gasteiger partial charge on any atom is -0.352 e. The minimum absolute atomic E-state index is 0.0378. The molecule has 0 spiro atoms. The molecule has 0 radical (unpaired) electrons. The number of primary sulfonamides is 1. The summed E-state index contributed by atoms with van der Waals surface area (Å²) in [6.45, 7) is 6.39. The summed E-state index contributed by atoms with van der Waals surface area (Å²) in [5.41, 5.74) is 0.681. The topological polar surface area (TPSA) is 89.3 Å². The van der Waals surface area contributed by atoms with Gasteiger partial charge in [0.1, 0.15) is 0 Å². The number of hydrogen-bond acceptors (Lipinski definition) is 3. The summed E-state index contributed by atoms with van der Waals surface area (Å²) in [7, 11) is -3.86. The number of hydrogen-bond donors (Lipinski definition) is 2. The van der Waals surface area contributed by atoms with Crippen LogP contribution in [0.15, 0.2) is 21.5 Å². The number of sulfonamides is 1. The van der Waals surface area contributed by atoms with Gasteiger partial charge in [0.2, 0.25) is 10.0 Å². The Labute approximate surface area is 134 Å². The molecule has 0 heterocycles. The fourth-order valence-corrected chi connectivity index (χ4v) is 3.43. The largest absolute Gasteiger partial charge is 0.352 e. The Balaban J connectivity index is 2.93. The lowest BCUT2D eigenvalue weighted by molar-refractivity contribution is 0.0951. The Morgan fingerprint density at radius 3 is 2.52 bits per heavy atom. The second-order valence-electron chi connectivity index (χ2n) is 5.41. The van der Waals surface area contributed by atoms with Gasteiger partial charge in [-0.05, 0) is 43.4 Å². The van der Waals surface area contributed by atoms with Crippen molar-refractivity contribution in [1.29, 1.82) is 0 Å². The Kier molecular flexibility index (Phi) is 6.37. The van der Waals surface area contributed by atoms with E-state index >= 15 is 0 Å². The van der Waals surface area contributed by atoms with Crippen molar-refractivity contribution in [2.45, 2.75) is 38.5 Å². The van der Waals surface area contributed by atoms with Gasteiger partial charge in [-0.15, -0.1) is 0 Å². The van der Waals surface area contributed by atoms with Crippen molar-refractivity contribution in [2.24, 2.45) is 11.1 Å². The van der Waals surface area contributed by atoms with Crippen molar-refractivity contribution < 1.29 is 13.2 Å². The molecule has 1 aromatic rings. The average molecular weight is 377 g/mol. The number of amides is 1. The number of carbonyl (C=O) groups is 1. The Bertz CT molecular complexity index is 627. The maximum Gasteiger partial charge on any atom is 0.251 e. The maximum atomic E-state index is 12.2. The van der Waals surface area contributed by atoms with Crippen LogP contribution in [-0.4, -0.2) is 20.9 Å². The Morgan fingerprint density at radius 1 is 1.38 bits per heavy atom. The van der Waals surface area contributed by atoms with Crippen molar-refractivity contribution >= 4 is 31.9 Å². The number of benzene rings is 1. The van der Waals surface area contributed by atoms with E-state index < -0.39 is 10.0 Å².